The van der Waals surface area contributed by atoms with Crippen LogP contribution in [0.25, 0.3) is 5.65 Å². The van der Waals surface area contributed by atoms with Crippen molar-refractivity contribution in [2.75, 3.05) is 11.9 Å². The van der Waals surface area contributed by atoms with Crippen LogP contribution in [-0.4, -0.2) is 26.1 Å². The lowest BCUT2D eigenvalue weighted by atomic mass is 9.85. The van der Waals surface area contributed by atoms with Crippen molar-refractivity contribution in [1.29, 1.82) is 0 Å². The number of imidazole rings is 1. The number of hydrogen-bond donors (Lipinski definition) is 1. The van der Waals surface area contributed by atoms with Gasteiger partial charge in [-0.05, 0) is 16.6 Å². The first-order valence-electron chi connectivity index (χ1n) is 7.26. The lowest BCUT2D eigenvalue weighted by molar-refractivity contribution is -0.391. The summed E-state index contributed by atoms with van der Waals surface area (Å²) in [6.45, 7) is 4.92. The topological polar surface area (TPSA) is 85.4 Å². The third-order valence-electron chi connectivity index (χ3n) is 3.80. The van der Waals surface area contributed by atoms with Gasteiger partial charge in [-0.1, -0.05) is 53.8 Å². The predicted molar refractivity (Wildman–Crippen MR) is 87.6 cm³/mol. The molecule has 3 rings (SSSR count). The van der Waals surface area contributed by atoms with Crippen LogP contribution in [0.3, 0.4) is 0 Å². The van der Waals surface area contributed by atoms with Crippen LogP contribution in [0.2, 0.25) is 0 Å². The van der Waals surface area contributed by atoms with E-state index < -0.39 is 4.92 Å². The largest absolute Gasteiger partial charge is 0.368 e. The van der Waals surface area contributed by atoms with Gasteiger partial charge >= 0.3 is 5.82 Å². The number of anilines is 1. The summed E-state index contributed by atoms with van der Waals surface area (Å²) in [5.41, 5.74) is 1.56. The molecule has 0 aliphatic heterocycles. The molecular weight excluding hydrogens is 294 g/mol. The molecule has 2 heterocycles. The van der Waals surface area contributed by atoms with Gasteiger partial charge in [0.2, 0.25) is 5.65 Å². The van der Waals surface area contributed by atoms with E-state index in [0.29, 0.717) is 18.0 Å². The number of fused-ring (bicyclic) bond motifs is 1. The standard InChI is InChI=1S/C16H17N5O2/c1-16(2,12-6-4-3-5-7-12)11-18-13-8-9-14-17-10-15(21(22)23)20(14)19-13/h3-10H,11H2,1-2H3,(H,18,19). The predicted octanol–water partition coefficient (Wildman–Crippen LogP) is 3.03. The first-order chi connectivity index (χ1) is 11.0. The van der Waals surface area contributed by atoms with Gasteiger partial charge in [0.15, 0.2) is 5.82 Å². The number of nitrogens with zero attached hydrogens (tertiary/aromatic N) is 4. The molecule has 1 N–H and O–H groups in total. The SMILES string of the molecule is CC(C)(CNc1ccc2ncc([N+](=O)[O-])n2n1)c1ccccc1. The number of hydrogen-bond acceptors (Lipinski definition) is 5. The average molecular weight is 311 g/mol. The Bertz CT molecular complexity index is 842. The molecule has 0 aliphatic carbocycles. The second-order valence-corrected chi connectivity index (χ2v) is 5.97. The molecule has 3 aromatic rings. The zero-order valence-corrected chi connectivity index (χ0v) is 12.9. The van der Waals surface area contributed by atoms with E-state index in [0.717, 1.165) is 0 Å². The van der Waals surface area contributed by atoms with Crippen molar-refractivity contribution < 1.29 is 4.92 Å². The molecule has 7 heteroatoms. The minimum Gasteiger partial charge on any atom is -0.366 e. The number of nitro groups is 1. The summed E-state index contributed by atoms with van der Waals surface area (Å²) < 4.78 is 1.23. The molecule has 0 amide bonds. The Kier molecular flexibility index (Phi) is 3.69. The Morgan fingerprint density at radius 3 is 2.65 bits per heavy atom. The van der Waals surface area contributed by atoms with Crippen LogP contribution in [0, 0.1) is 10.1 Å². The summed E-state index contributed by atoms with van der Waals surface area (Å²) in [4.78, 5) is 14.4. The van der Waals surface area contributed by atoms with Crippen molar-refractivity contribution >= 4 is 17.3 Å². The van der Waals surface area contributed by atoms with Crippen molar-refractivity contribution in [3.05, 3.63) is 64.3 Å². The smallest absolute Gasteiger partial charge is 0.366 e. The maximum Gasteiger partial charge on any atom is 0.368 e. The van der Waals surface area contributed by atoms with E-state index in [2.05, 4.69) is 41.4 Å². The molecule has 118 valence electrons. The molecule has 0 spiro atoms. The molecule has 1 aromatic carbocycles. The maximum atomic E-state index is 11.0. The highest BCUT2D eigenvalue weighted by Gasteiger charge is 2.21. The zero-order chi connectivity index (χ0) is 16.4. The van der Waals surface area contributed by atoms with Crippen LogP contribution in [0.1, 0.15) is 19.4 Å². The summed E-state index contributed by atoms with van der Waals surface area (Å²) >= 11 is 0. The minimum atomic E-state index is -0.495. The molecule has 7 nitrogen and oxygen atoms in total. The Morgan fingerprint density at radius 2 is 1.96 bits per heavy atom. The van der Waals surface area contributed by atoms with Gasteiger partial charge in [0, 0.05) is 18.0 Å². The number of aromatic nitrogens is 3. The molecule has 0 bridgehead atoms. The fraction of sp³-hybridized carbons (Fsp3) is 0.250. The van der Waals surface area contributed by atoms with Gasteiger partial charge in [-0.2, -0.15) is 0 Å². The van der Waals surface area contributed by atoms with Crippen LogP contribution in [-0.2, 0) is 5.41 Å². The molecule has 0 atom stereocenters. The van der Waals surface area contributed by atoms with Gasteiger partial charge in [-0.25, -0.2) is 4.98 Å². The first-order valence-corrected chi connectivity index (χ1v) is 7.26. The normalized spacial score (nSPS) is 11.6. The highest BCUT2D eigenvalue weighted by atomic mass is 16.6. The summed E-state index contributed by atoms with van der Waals surface area (Å²) in [6, 6.07) is 13.6. The molecule has 0 saturated heterocycles. The minimum absolute atomic E-state index is 0.0984. The fourth-order valence-electron chi connectivity index (χ4n) is 2.38. The van der Waals surface area contributed by atoms with E-state index in [1.807, 2.05) is 18.2 Å². The summed E-state index contributed by atoms with van der Waals surface area (Å²) in [7, 11) is 0. The first kappa shape index (κ1) is 15.0. The molecule has 0 radical (unpaired) electrons. The Morgan fingerprint density at radius 1 is 1.22 bits per heavy atom. The van der Waals surface area contributed by atoms with E-state index in [9.17, 15) is 10.1 Å². The van der Waals surface area contributed by atoms with Crippen LogP contribution in [0.15, 0.2) is 48.7 Å². The highest BCUT2D eigenvalue weighted by molar-refractivity contribution is 5.48. The zero-order valence-electron chi connectivity index (χ0n) is 12.9. The monoisotopic (exact) mass is 311 g/mol. The number of nitrogens with one attached hydrogen (secondary N) is 1. The fourth-order valence-corrected chi connectivity index (χ4v) is 2.38. The molecule has 0 fully saturated rings. The second kappa shape index (κ2) is 5.68. The van der Waals surface area contributed by atoms with Crippen LogP contribution in [0.5, 0.6) is 0 Å². The molecule has 0 unspecified atom stereocenters. The van der Waals surface area contributed by atoms with E-state index in [-0.39, 0.29) is 11.2 Å². The summed E-state index contributed by atoms with van der Waals surface area (Å²) in [5, 5.41) is 18.5. The van der Waals surface area contributed by atoms with Crippen molar-refractivity contribution in [2.24, 2.45) is 0 Å². The van der Waals surface area contributed by atoms with Gasteiger partial charge < -0.3 is 15.4 Å². The van der Waals surface area contributed by atoms with Crippen molar-refractivity contribution in [3.8, 4) is 0 Å². The van der Waals surface area contributed by atoms with Gasteiger partial charge in [-0.15, -0.1) is 0 Å². The number of rotatable bonds is 5. The molecule has 23 heavy (non-hydrogen) atoms. The van der Waals surface area contributed by atoms with E-state index in [4.69, 9.17) is 0 Å². The van der Waals surface area contributed by atoms with E-state index in [1.54, 1.807) is 12.1 Å². The van der Waals surface area contributed by atoms with Crippen molar-refractivity contribution in [1.82, 2.24) is 14.6 Å². The average Bonchev–Trinajstić information content (AvgIpc) is 2.97. The van der Waals surface area contributed by atoms with Gasteiger partial charge in [0.1, 0.15) is 6.20 Å². The van der Waals surface area contributed by atoms with Gasteiger partial charge in [0.05, 0.1) is 0 Å². The van der Waals surface area contributed by atoms with E-state index >= 15 is 0 Å². The van der Waals surface area contributed by atoms with Gasteiger partial charge in [-0.3, -0.25) is 0 Å². The second-order valence-electron chi connectivity index (χ2n) is 5.97. The quantitative estimate of drug-likeness (QED) is 0.578. The molecule has 0 saturated carbocycles. The Labute approximate surface area is 133 Å². The van der Waals surface area contributed by atoms with Crippen LogP contribution < -0.4 is 5.32 Å². The van der Waals surface area contributed by atoms with E-state index in [1.165, 1.54) is 16.3 Å². The highest BCUT2D eigenvalue weighted by Crippen LogP contribution is 2.23. The van der Waals surface area contributed by atoms with Crippen molar-refractivity contribution in [2.45, 2.75) is 19.3 Å². The summed E-state index contributed by atoms with van der Waals surface area (Å²) in [6.07, 6.45) is 1.21. The Hall–Kier alpha value is -2.96. The summed E-state index contributed by atoms with van der Waals surface area (Å²) in [5.74, 6) is 0.425. The Balaban J connectivity index is 1.82. The van der Waals surface area contributed by atoms with Crippen molar-refractivity contribution in [3.63, 3.8) is 0 Å². The third kappa shape index (κ3) is 2.98. The van der Waals surface area contributed by atoms with Crippen LogP contribution in [0.4, 0.5) is 11.6 Å². The third-order valence-corrected chi connectivity index (χ3v) is 3.80. The van der Waals surface area contributed by atoms with Crippen LogP contribution >= 0.6 is 0 Å². The molecule has 2 aromatic heterocycles. The molecular formula is C16H17N5O2. The maximum absolute atomic E-state index is 11.0. The number of benzene rings is 1. The lowest BCUT2D eigenvalue weighted by Crippen LogP contribution is -2.28. The molecule has 0 aliphatic rings. The van der Waals surface area contributed by atoms with Gasteiger partial charge in [0.25, 0.3) is 0 Å². The lowest BCUT2D eigenvalue weighted by Gasteiger charge is -2.25.